The van der Waals surface area contributed by atoms with Gasteiger partial charge in [-0.3, -0.25) is 14.4 Å². The number of carbonyl (C=O) groups is 2. The lowest BCUT2D eigenvalue weighted by atomic mass is 10.1. The number of aromatic nitrogens is 2. The van der Waals surface area contributed by atoms with E-state index in [9.17, 15) is 14.4 Å². The van der Waals surface area contributed by atoms with Gasteiger partial charge < -0.3 is 10.2 Å². The number of nitrogens with one attached hydrogen (secondary N) is 1. The molecule has 1 N–H and O–H groups in total. The maximum atomic E-state index is 13.1. The number of aryl methyl sites for hydroxylation is 1. The fourth-order valence-electron chi connectivity index (χ4n) is 4.43. The molecule has 0 unspecified atom stereocenters. The predicted octanol–water partition coefficient (Wildman–Crippen LogP) is 4.14. The van der Waals surface area contributed by atoms with Gasteiger partial charge in [0.15, 0.2) is 5.69 Å². The molecule has 0 radical (unpaired) electrons. The zero-order valence-corrected chi connectivity index (χ0v) is 19.8. The molecule has 1 aliphatic rings. The van der Waals surface area contributed by atoms with Crippen LogP contribution in [-0.4, -0.2) is 39.6 Å². The first-order valence-electron chi connectivity index (χ1n) is 12.2. The van der Waals surface area contributed by atoms with Crippen LogP contribution in [0.5, 0.6) is 0 Å². The van der Waals surface area contributed by atoms with Gasteiger partial charge in [-0.15, -0.1) is 0 Å². The first kappa shape index (κ1) is 23.7. The molecule has 0 saturated carbocycles. The summed E-state index contributed by atoms with van der Waals surface area (Å²) in [5, 5.41) is 8.39. The molecular formula is C27H32N4O3. The summed E-state index contributed by atoms with van der Waals surface area (Å²) in [5.41, 5.74) is 1.55. The molecule has 7 nitrogen and oxygen atoms in total. The first-order chi connectivity index (χ1) is 16.6. The monoisotopic (exact) mass is 460 g/mol. The molecule has 0 spiro atoms. The van der Waals surface area contributed by atoms with Crippen LogP contribution in [0.25, 0.3) is 10.8 Å². The third-order valence-electron chi connectivity index (χ3n) is 6.33. The Kier molecular flexibility index (Phi) is 7.72. The van der Waals surface area contributed by atoms with Gasteiger partial charge >= 0.3 is 0 Å². The van der Waals surface area contributed by atoms with Crippen LogP contribution in [-0.2, 0) is 13.1 Å². The van der Waals surface area contributed by atoms with Crippen molar-refractivity contribution in [3.05, 3.63) is 75.7 Å². The number of unbranched alkanes of at least 4 members (excludes halogenated alkanes) is 2. The summed E-state index contributed by atoms with van der Waals surface area (Å²) in [7, 11) is 0. The van der Waals surface area contributed by atoms with Gasteiger partial charge in [0.05, 0.1) is 5.39 Å². The minimum Gasteiger partial charge on any atom is -0.347 e. The molecule has 2 heterocycles. The third kappa shape index (κ3) is 5.35. The number of fused-ring (bicyclic) bond motifs is 1. The summed E-state index contributed by atoms with van der Waals surface area (Å²) in [4.78, 5) is 40.7. The van der Waals surface area contributed by atoms with Gasteiger partial charge in [-0.25, -0.2) is 4.68 Å². The van der Waals surface area contributed by atoms with Gasteiger partial charge in [0, 0.05) is 37.1 Å². The van der Waals surface area contributed by atoms with Crippen LogP contribution in [0.1, 0.15) is 71.9 Å². The lowest BCUT2D eigenvalue weighted by Gasteiger charge is -2.26. The van der Waals surface area contributed by atoms with E-state index in [1.165, 1.54) is 11.1 Å². The summed E-state index contributed by atoms with van der Waals surface area (Å²) in [6, 6.07) is 14.5. The van der Waals surface area contributed by atoms with E-state index in [0.717, 1.165) is 50.8 Å². The molecule has 2 aromatic carbocycles. The second kappa shape index (κ2) is 11.1. The topological polar surface area (TPSA) is 84.3 Å². The molecule has 0 bridgehead atoms. The van der Waals surface area contributed by atoms with E-state index in [1.54, 1.807) is 24.3 Å². The Morgan fingerprint density at radius 3 is 2.50 bits per heavy atom. The summed E-state index contributed by atoms with van der Waals surface area (Å²) >= 11 is 0. The normalized spacial score (nSPS) is 13.7. The average Bonchev–Trinajstić information content (AvgIpc) is 2.89. The summed E-state index contributed by atoms with van der Waals surface area (Å²) in [6.45, 7) is 4.45. The van der Waals surface area contributed by atoms with Crippen LogP contribution in [0, 0.1) is 0 Å². The molecule has 178 valence electrons. The highest BCUT2D eigenvalue weighted by molar-refractivity contribution is 6.04. The summed E-state index contributed by atoms with van der Waals surface area (Å²) in [6.07, 6.45) is 6.13. The van der Waals surface area contributed by atoms with Crippen LogP contribution in [0.3, 0.4) is 0 Å². The molecule has 34 heavy (non-hydrogen) atoms. The fourth-order valence-corrected chi connectivity index (χ4v) is 4.43. The fraction of sp³-hybridized carbons (Fsp3) is 0.407. The van der Waals surface area contributed by atoms with Crippen molar-refractivity contribution in [2.75, 3.05) is 13.1 Å². The van der Waals surface area contributed by atoms with Crippen LogP contribution < -0.4 is 10.9 Å². The summed E-state index contributed by atoms with van der Waals surface area (Å²) in [5.74, 6) is -0.298. The van der Waals surface area contributed by atoms with Crippen molar-refractivity contribution in [2.24, 2.45) is 0 Å². The first-order valence-corrected chi connectivity index (χ1v) is 12.2. The van der Waals surface area contributed by atoms with E-state index in [1.807, 2.05) is 29.2 Å². The Morgan fingerprint density at radius 2 is 1.74 bits per heavy atom. The van der Waals surface area contributed by atoms with Crippen molar-refractivity contribution in [3.63, 3.8) is 0 Å². The molecule has 7 heteroatoms. The number of piperidine rings is 1. The number of hydrogen-bond acceptors (Lipinski definition) is 4. The Hall–Kier alpha value is -3.48. The smallest absolute Gasteiger partial charge is 0.274 e. The van der Waals surface area contributed by atoms with E-state index in [-0.39, 0.29) is 29.6 Å². The molecule has 2 amide bonds. The Labute approximate surface area is 199 Å². The zero-order chi connectivity index (χ0) is 23.9. The molecular weight excluding hydrogens is 428 g/mol. The molecule has 1 aliphatic heterocycles. The SMILES string of the molecule is CCCCCn1nc(C(=O)NCc2cccc(C(=O)N3CCCCC3)c2)c2ccccc2c1=O. The van der Waals surface area contributed by atoms with E-state index in [2.05, 4.69) is 17.3 Å². The maximum absolute atomic E-state index is 13.1. The van der Waals surface area contributed by atoms with Gasteiger partial charge in [-0.05, 0) is 49.4 Å². The van der Waals surface area contributed by atoms with Crippen LogP contribution in [0.15, 0.2) is 53.3 Å². The Balaban J connectivity index is 1.52. The number of benzene rings is 2. The molecule has 1 fully saturated rings. The van der Waals surface area contributed by atoms with Crippen molar-refractivity contribution >= 4 is 22.6 Å². The van der Waals surface area contributed by atoms with Gasteiger partial charge in [0.1, 0.15) is 0 Å². The minimum absolute atomic E-state index is 0.0414. The number of amides is 2. The van der Waals surface area contributed by atoms with Crippen molar-refractivity contribution in [1.29, 1.82) is 0 Å². The van der Waals surface area contributed by atoms with Crippen LogP contribution in [0.2, 0.25) is 0 Å². The van der Waals surface area contributed by atoms with Crippen molar-refractivity contribution in [1.82, 2.24) is 20.0 Å². The zero-order valence-electron chi connectivity index (χ0n) is 19.8. The molecule has 1 saturated heterocycles. The molecule has 0 aliphatic carbocycles. The number of likely N-dealkylation sites (tertiary alicyclic amines) is 1. The molecule has 1 aromatic heterocycles. The van der Waals surface area contributed by atoms with Crippen molar-refractivity contribution in [3.8, 4) is 0 Å². The lowest BCUT2D eigenvalue weighted by Crippen LogP contribution is -2.35. The Morgan fingerprint density at radius 1 is 0.971 bits per heavy atom. The van der Waals surface area contributed by atoms with Gasteiger partial charge in [0.25, 0.3) is 17.4 Å². The standard InChI is InChI=1S/C27H32N4O3/c1-2-3-7-17-31-27(34)23-14-6-5-13-22(23)24(29-31)25(32)28-19-20-11-10-12-21(18-20)26(33)30-15-8-4-9-16-30/h5-6,10-14,18H,2-4,7-9,15-17,19H2,1H3,(H,28,32). The maximum Gasteiger partial charge on any atom is 0.274 e. The minimum atomic E-state index is -0.340. The van der Waals surface area contributed by atoms with E-state index in [0.29, 0.717) is 22.9 Å². The summed E-state index contributed by atoms with van der Waals surface area (Å²) < 4.78 is 1.41. The highest BCUT2D eigenvalue weighted by atomic mass is 16.2. The molecule has 4 rings (SSSR count). The van der Waals surface area contributed by atoms with Gasteiger partial charge in [0.2, 0.25) is 0 Å². The Bertz CT molecular complexity index is 1230. The second-order valence-electron chi connectivity index (χ2n) is 8.87. The largest absolute Gasteiger partial charge is 0.347 e. The lowest BCUT2D eigenvalue weighted by molar-refractivity contribution is 0.0724. The quantitative estimate of drug-likeness (QED) is 0.512. The predicted molar refractivity (Wildman–Crippen MR) is 133 cm³/mol. The highest BCUT2D eigenvalue weighted by Gasteiger charge is 2.19. The van der Waals surface area contributed by atoms with Crippen LogP contribution >= 0.6 is 0 Å². The number of carbonyl (C=O) groups excluding carboxylic acids is 2. The third-order valence-corrected chi connectivity index (χ3v) is 6.33. The molecule has 3 aromatic rings. The van der Waals surface area contributed by atoms with Gasteiger partial charge in [-0.1, -0.05) is 50.1 Å². The number of nitrogens with zero attached hydrogens (tertiary/aromatic N) is 3. The molecule has 0 atom stereocenters. The van der Waals surface area contributed by atoms with Crippen molar-refractivity contribution < 1.29 is 9.59 Å². The van der Waals surface area contributed by atoms with E-state index < -0.39 is 0 Å². The number of hydrogen-bond donors (Lipinski definition) is 1. The number of rotatable bonds is 8. The van der Waals surface area contributed by atoms with Crippen LogP contribution in [0.4, 0.5) is 0 Å². The second-order valence-corrected chi connectivity index (χ2v) is 8.87. The average molecular weight is 461 g/mol. The van der Waals surface area contributed by atoms with Gasteiger partial charge in [-0.2, -0.15) is 5.10 Å². The van der Waals surface area contributed by atoms with Crippen molar-refractivity contribution in [2.45, 2.75) is 58.5 Å². The van der Waals surface area contributed by atoms with E-state index in [4.69, 9.17) is 0 Å². The highest BCUT2D eigenvalue weighted by Crippen LogP contribution is 2.16. The van der Waals surface area contributed by atoms with E-state index >= 15 is 0 Å².